The van der Waals surface area contributed by atoms with Crippen molar-refractivity contribution in [2.45, 2.75) is 58.5 Å². The van der Waals surface area contributed by atoms with Crippen molar-refractivity contribution in [2.75, 3.05) is 18.5 Å². The summed E-state index contributed by atoms with van der Waals surface area (Å²) < 4.78 is 8.24. The number of anilines is 1. The van der Waals surface area contributed by atoms with Gasteiger partial charge >= 0.3 is 5.97 Å². The maximum Gasteiger partial charge on any atom is 0.327 e. The molecule has 6 rings (SSSR count). The maximum absolute atomic E-state index is 13.9. The number of hydrogen-bond donors (Lipinski definition) is 1. The molecule has 2 amide bonds. The lowest BCUT2D eigenvalue weighted by Crippen LogP contribution is -2.38. The van der Waals surface area contributed by atoms with Crippen LogP contribution in [-0.4, -0.2) is 65.6 Å². The molecule has 0 spiro atoms. The van der Waals surface area contributed by atoms with Crippen LogP contribution in [0.3, 0.4) is 0 Å². The lowest BCUT2D eigenvalue weighted by molar-refractivity contribution is -0.144. The monoisotopic (exact) mass is 642 g/mol. The number of pyridine rings is 1. The van der Waals surface area contributed by atoms with Gasteiger partial charge in [-0.05, 0) is 68.5 Å². The zero-order valence-electron chi connectivity index (χ0n) is 25.7. The number of fused-ring (bicyclic) bond motifs is 4. The fraction of sp³-hybridized carbons (Fsp3) is 0.364. The summed E-state index contributed by atoms with van der Waals surface area (Å²) in [5.74, 6) is -0.873. The van der Waals surface area contributed by atoms with Gasteiger partial charge in [0.25, 0.3) is 0 Å². The van der Waals surface area contributed by atoms with Gasteiger partial charge in [0.2, 0.25) is 11.8 Å². The van der Waals surface area contributed by atoms with Gasteiger partial charge in [-0.2, -0.15) is 5.10 Å². The summed E-state index contributed by atoms with van der Waals surface area (Å²) in [5.41, 5.74) is 4.96. The van der Waals surface area contributed by atoms with Gasteiger partial charge < -0.3 is 15.0 Å². The molecule has 12 nitrogen and oxygen atoms in total. The van der Waals surface area contributed by atoms with Gasteiger partial charge in [-0.3, -0.25) is 24.0 Å². The topological polar surface area (TPSA) is 137 Å². The van der Waals surface area contributed by atoms with E-state index in [1.54, 1.807) is 48.5 Å². The van der Waals surface area contributed by atoms with Gasteiger partial charge in [0.15, 0.2) is 0 Å². The predicted octanol–water partition coefficient (Wildman–Crippen LogP) is 5.25. The van der Waals surface area contributed by atoms with E-state index >= 15 is 0 Å². The van der Waals surface area contributed by atoms with Crippen molar-refractivity contribution < 1.29 is 19.1 Å². The second-order valence-electron chi connectivity index (χ2n) is 11.4. The highest BCUT2D eigenvalue weighted by Crippen LogP contribution is 2.37. The van der Waals surface area contributed by atoms with Crippen molar-refractivity contribution in [1.29, 1.82) is 0 Å². The smallest absolute Gasteiger partial charge is 0.327 e. The van der Waals surface area contributed by atoms with Crippen LogP contribution in [0.1, 0.15) is 63.3 Å². The molecular weight excluding hydrogens is 608 g/mol. The van der Waals surface area contributed by atoms with Crippen molar-refractivity contribution in [3.05, 3.63) is 77.5 Å². The van der Waals surface area contributed by atoms with E-state index in [2.05, 4.69) is 20.7 Å². The highest BCUT2D eigenvalue weighted by atomic mass is 35.5. The molecule has 0 unspecified atom stereocenters. The lowest BCUT2D eigenvalue weighted by atomic mass is 9.92. The molecule has 3 aromatic heterocycles. The van der Waals surface area contributed by atoms with Gasteiger partial charge in [-0.1, -0.05) is 30.2 Å². The molecule has 0 fully saturated rings. The molecule has 13 heteroatoms. The van der Waals surface area contributed by atoms with Crippen LogP contribution in [0.4, 0.5) is 5.69 Å². The third-order valence-electron chi connectivity index (χ3n) is 8.46. The summed E-state index contributed by atoms with van der Waals surface area (Å²) in [4.78, 5) is 46.1. The number of esters is 1. The van der Waals surface area contributed by atoms with Gasteiger partial charge in [-0.15, -0.1) is 5.10 Å². The highest BCUT2D eigenvalue weighted by Gasteiger charge is 2.31. The van der Waals surface area contributed by atoms with Crippen molar-refractivity contribution in [3.8, 4) is 16.9 Å². The Balaban J connectivity index is 1.35. The number of aromatic nitrogens is 6. The molecule has 238 valence electrons. The molecule has 0 aliphatic carbocycles. The van der Waals surface area contributed by atoms with E-state index < -0.39 is 5.97 Å². The fourth-order valence-corrected chi connectivity index (χ4v) is 6.35. The second kappa shape index (κ2) is 13.7. The van der Waals surface area contributed by atoms with Crippen molar-refractivity contribution >= 4 is 40.6 Å². The first kappa shape index (κ1) is 31.2. The highest BCUT2D eigenvalue weighted by molar-refractivity contribution is 6.30. The van der Waals surface area contributed by atoms with Crippen LogP contribution in [0.25, 0.3) is 22.5 Å². The number of benzene rings is 1. The molecule has 5 heterocycles. The SMILES string of the molecule is CCOC(=O)Cn1cc2c(n1)-c1ccnc(c1)[C@@H](N1CCC(c3cc(Cl)ccc3-n3ccnn3)=CC1=O)CCC[C@@H](CC)C(=O)N2. The molecule has 0 radical (unpaired) electrons. The van der Waals surface area contributed by atoms with Crippen LogP contribution in [0, 0.1) is 5.92 Å². The predicted molar refractivity (Wildman–Crippen MR) is 172 cm³/mol. The Bertz CT molecular complexity index is 1780. The Kier molecular flexibility index (Phi) is 9.25. The minimum Gasteiger partial charge on any atom is -0.465 e. The fourth-order valence-electron chi connectivity index (χ4n) is 6.18. The maximum atomic E-state index is 13.9. The second-order valence-corrected chi connectivity index (χ2v) is 11.8. The third-order valence-corrected chi connectivity index (χ3v) is 8.69. The largest absolute Gasteiger partial charge is 0.465 e. The molecule has 46 heavy (non-hydrogen) atoms. The Morgan fingerprint density at radius 2 is 2.00 bits per heavy atom. The quantitative estimate of drug-likeness (QED) is 0.270. The lowest BCUT2D eigenvalue weighted by Gasteiger charge is -2.34. The van der Waals surface area contributed by atoms with Crippen LogP contribution in [0.5, 0.6) is 0 Å². The summed E-state index contributed by atoms with van der Waals surface area (Å²) in [6, 6.07) is 8.93. The number of carbonyl (C=O) groups excluding carboxylic acids is 3. The first-order chi connectivity index (χ1) is 22.3. The molecule has 4 aromatic rings. The summed E-state index contributed by atoms with van der Waals surface area (Å²) >= 11 is 6.39. The van der Waals surface area contributed by atoms with Crippen LogP contribution < -0.4 is 5.32 Å². The minimum atomic E-state index is -0.420. The number of nitrogens with one attached hydrogen (secondary N) is 1. The number of carbonyl (C=O) groups is 3. The number of rotatable bonds is 7. The van der Waals surface area contributed by atoms with Crippen molar-refractivity contribution in [3.63, 3.8) is 0 Å². The summed E-state index contributed by atoms with van der Waals surface area (Å²) in [6.07, 6.45) is 11.7. The van der Waals surface area contributed by atoms with E-state index in [1.165, 1.54) is 4.68 Å². The molecular formula is C33H35ClN8O4. The van der Waals surface area contributed by atoms with Gasteiger partial charge in [0.1, 0.15) is 12.2 Å². The summed E-state index contributed by atoms with van der Waals surface area (Å²) in [6.45, 7) is 4.39. The molecule has 0 saturated heterocycles. The van der Waals surface area contributed by atoms with Crippen molar-refractivity contribution in [1.82, 2.24) is 34.7 Å². The molecule has 2 aliphatic rings. The van der Waals surface area contributed by atoms with Gasteiger partial charge in [0.05, 0.1) is 42.1 Å². The minimum absolute atomic E-state index is 0.0866. The molecule has 1 N–H and O–H groups in total. The van der Waals surface area contributed by atoms with Crippen LogP contribution >= 0.6 is 11.6 Å². The number of ether oxygens (including phenoxy) is 1. The number of hydrogen-bond acceptors (Lipinski definition) is 8. The first-order valence-corrected chi connectivity index (χ1v) is 15.9. The molecule has 2 bridgehead atoms. The number of halogens is 1. The zero-order chi connectivity index (χ0) is 32.2. The molecule has 1 aromatic carbocycles. The zero-order valence-corrected chi connectivity index (χ0v) is 26.5. The van der Waals surface area contributed by atoms with E-state index in [-0.39, 0.29) is 36.9 Å². The Hall–Kier alpha value is -4.84. The van der Waals surface area contributed by atoms with Crippen molar-refractivity contribution in [2.24, 2.45) is 5.92 Å². The number of nitrogens with zero attached hydrogens (tertiary/aromatic N) is 7. The Morgan fingerprint density at radius 1 is 1.13 bits per heavy atom. The molecule has 2 atom stereocenters. The Labute approximate surface area is 271 Å². The van der Waals surface area contributed by atoms with E-state index in [0.29, 0.717) is 48.6 Å². The van der Waals surface area contributed by atoms with E-state index in [1.807, 2.05) is 36.1 Å². The average Bonchev–Trinajstić information content (AvgIpc) is 3.72. The van der Waals surface area contributed by atoms with Gasteiger partial charge in [0, 0.05) is 47.1 Å². The van der Waals surface area contributed by atoms with Crippen LogP contribution in [0.2, 0.25) is 5.02 Å². The van der Waals surface area contributed by atoms with Crippen LogP contribution in [-0.2, 0) is 25.7 Å². The standard InChI is InChI=1S/C33H35ClN8O4/c1-3-21-6-5-7-29(41-14-11-22(17-30(41)43)25-18-24(34)8-9-28(25)42-15-13-36-39-42)26-16-23(10-12-35-26)32-27(37-33(21)45)19-40(38-32)20-31(44)46-4-2/h8-10,12-13,15-19,21,29H,3-7,11,14,20H2,1-2H3,(H,37,45)/t21-,29+/m1/s1. The number of amides is 2. The van der Waals surface area contributed by atoms with E-state index in [4.69, 9.17) is 21.3 Å². The third kappa shape index (κ3) is 6.57. The van der Waals surface area contributed by atoms with E-state index in [0.717, 1.165) is 34.5 Å². The summed E-state index contributed by atoms with van der Waals surface area (Å²) in [7, 11) is 0. The van der Waals surface area contributed by atoms with Gasteiger partial charge in [-0.25, -0.2) is 4.68 Å². The first-order valence-electron chi connectivity index (χ1n) is 15.5. The summed E-state index contributed by atoms with van der Waals surface area (Å²) in [5, 5.41) is 16.3. The van der Waals surface area contributed by atoms with E-state index in [9.17, 15) is 14.4 Å². The Morgan fingerprint density at radius 3 is 2.76 bits per heavy atom. The average molecular weight is 643 g/mol. The normalized spacial score (nSPS) is 18.6. The molecule has 0 saturated carbocycles. The van der Waals surface area contributed by atoms with Crippen LogP contribution in [0.15, 0.2) is 61.2 Å². The molecule has 2 aliphatic heterocycles.